The number of thiazole rings is 1. The Bertz CT molecular complexity index is 775. The average molecular weight is 374 g/mol. The fourth-order valence-electron chi connectivity index (χ4n) is 2.87. The molecule has 1 aromatic carbocycles. The lowest BCUT2D eigenvalue weighted by atomic mass is 10.1. The van der Waals surface area contributed by atoms with Gasteiger partial charge in [0.1, 0.15) is 5.75 Å². The molecule has 26 heavy (non-hydrogen) atoms. The SMILES string of the molecule is COc1ccc(CN2CCN(C(=O)CCc3csc(N)n3)CC2=O)cc1. The van der Waals surface area contributed by atoms with Gasteiger partial charge >= 0.3 is 0 Å². The number of carbonyl (C=O) groups excluding carboxylic acids is 2. The van der Waals surface area contributed by atoms with E-state index >= 15 is 0 Å². The Hall–Kier alpha value is -2.61. The highest BCUT2D eigenvalue weighted by Gasteiger charge is 2.26. The molecule has 1 aliphatic rings. The minimum atomic E-state index is -0.0293. The second kappa shape index (κ2) is 8.18. The van der Waals surface area contributed by atoms with E-state index in [1.54, 1.807) is 16.9 Å². The minimum Gasteiger partial charge on any atom is -0.497 e. The molecule has 2 aromatic rings. The van der Waals surface area contributed by atoms with Crippen LogP contribution in [0.15, 0.2) is 29.6 Å². The van der Waals surface area contributed by atoms with Crippen molar-refractivity contribution in [3.63, 3.8) is 0 Å². The van der Waals surface area contributed by atoms with Crippen LogP contribution in [0.3, 0.4) is 0 Å². The number of nitrogens with two attached hydrogens (primary N) is 1. The Morgan fingerprint density at radius 2 is 2.08 bits per heavy atom. The summed E-state index contributed by atoms with van der Waals surface area (Å²) in [6.07, 6.45) is 0.891. The summed E-state index contributed by atoms with van der Waals surface area (Å²) in [4.78, 5) is 32.3. The lowest BCUT2D eigenvalue weighted by Crippen LogP contribution is -2.51. The van der Waals surface area contributed by atoms with Gasteiger partial charge in [0.05, 0.1) is 19.3 Å². The number of piperazine rings is 1. The van der Waals surface area contributed by atoms with E-state index in [9.17, 15) is 9.59 Å². The molecular formula is C18H22N4O3S. The second-order valence-corrected chi connectivity index (χ2v) is 7.05. The van der Waals surface area contributed by atoms with Crippen LogP contribution < -0.4 is 10.5 Å². The van der Waals surface area contributed by atoms with Gasteiger partial charge < -0.3 is 20.3 Å². The van der Waals surface area contributed by atoms with Crippen LogP contribution >= 0.6 is 11.3 Å². The molecule has 1 saturated heterocycles. The van der Waals surface area contributed by atoms with Crippen molar-refractivity contribution in [2.45, 2.75) is 19.4 Å². The van der Waals surface area contributed by atoms with E-state index in [2.05, 4.69) is 4.98 Å². The van der Waals surface area contributed by atoms with E-state index in [4.69, 9.17) is 10.5 Å². The molecule has 0 bridgehead atoms. The standard InChI is InChI=1S/C18H22N4O3S/c1-25-15-5-2-13(3-6-15)10-21-8-9-22(11-17(21)24)16(23)7-4-14-12-26-18(19)20-14/h2-3,5-6,12H,4,7-11H2,1H3,(H2,19,20). The van der Waals surface area contributed by atoms with Crippen molar-refractivity contribution in [1.82, 2.24) is 14.8 Å². The third-order valence-electron chi connectivity index (χ3n) is 4.37. The van der Waals surface area contributed by atoms with Crippen molar-refractivity contribution in [2.75, 3.05) is 32.5 Å². The first-order valence-corrected chi connectivity index (χ1v) is 9.31. The average Bonchev–Trinajstić information content (AvgIpc) is 3.07. The van der Waals surface area contributed by atoms with Crippen molar-refractivity contribution < 1.29 is 14.3 Å². The largest absolute Gasteiger partial charge is 0.497 e. The molecule has 2 amide bonds. The van der Waals surface area contributed by atoms with Gasteiger partial charge in [0.15, 0.2) is 5.13 Å². The minimum absolute atomic E-state index is 0.0194. The molecular weight excluding hydrogens is 352 g/mol. The summed E-state index contributed by atoms with van der Waals surface area (Å²) in [6.45, 7) is 1.78. The zero-order valence-corrected chi connectivity index (χ0v) is 15.5. The molecule has 0 unspecified atom stereocenters. The van der Waals surface area contributed by atoms with E-state index in [-0.39, 0.29) is 18.4 Å². The highest BCUT2D eigenvalue weighted by molar-refractivity contribution is 7.13. The Morgan fingerprint density at radius 1 is 1.31 bits per heavy atom. The number of nitrogens with zero attached hydrogens (tertiary/aromatic N) is 3. The van der Waals surface area contributed by atoms with Crippen LogP contribution in [0.1, 0.15) is 17.7 Å². The molecule has 8 heteroatoms. The summed E-state index contributed by atoms with van der Waals surface area (Å²) in [7, 11) is 1.62. The molecule has 2 heterocycles. The smallest absolute Gasteiger partial charge is 0.242 e. The van der Waals surface area contributed by atoms with E-state index < -0.39 is 0 Å². The van der Waals surface area contributed by atoms with Gasteiger partial charge in [-0.3, -0.25) is 9.59 Å². The highest BCUT2D eigenvalue weighted by Crippen LogP contribution is 2.16. The molecule has 138 valence electrons. The Balaban J connectivity index is 1.49. The number of benzene rings is 1. The monoisotopic (exact) mass is 374 g/mol. The Morgan fingerprint density at radius 3 is 2.69 bits per heavy atom. The number of aryl methyl sites for hydroxylation is 1. The van der Waals surface area contributed by atoms with E-state index in [1.807, 2.05) is 29.6 Å². The lowest BCUT2D eigenvalue weighted by molar-refractivity contribution is -0.145. The number of hydrogen-bond acceptors (Lipinski definition) is 6. The fourth-order valence-corrected chi connectivity index (χ4v) is 3.47. The van der Waals surface area contributed by atoms with Gasteiger partial charge in [-0.2, -0.15) is 0 Å². The lowest BCUT2D eigenvalue weighted by Gasteiger charge is -2.34. The number of anilines is 1. The summed E-state index contributed by atoms with van der Waals surface area (Å²) < 4.78 is 5.14. The molecule has 1 fully saturated rings. The number of carbonyl (C=O) groups is 2. The number of methoxy groups -OCH3 is 1. The zero-order valence-electron chi connectivity index (χ0n) is 14.7. The predicted molar refractivity (Wildman–Crippen MR) is 99.8 cm³/mol. The molecule has 2 N–H and O–H groups in total. The van der Waals surface area contributed by atoms with Gasteiger partial charge in [0, 0.05) is 31.4 Å². The van der Waals surface area contributed by atoms with Gasteiger partial charge in [-0.15, -0.1) is 11.3 Å². The van der Waals surface area contributed by atoms with E-state index in [1.165, 1.54) is 11.3 Å². The van der Waals surface area contributed by atoms with Crippen LogP contribution in [0.25, 0.3) is 0 Å². The third kappa shape index (κ3) is 4.51. The molecule has 0 aliphatic carbocycles. The van der Waals surface area contributed by atoms with E-state index in [0.29, 0.717) is 37.6 Å². The fraction of sp³-hybridized carbons (Fsp3) is 0.389. The maximum atomic E-state index is 12.4. The van der Waals surface area contributed by atoms with Crippen LogP contribution in [-0.4, -0.2) is 53.3 Å². The topological polar surface area (TPSA) is 88.8 Å². The van der Waals surface area contributed by atoms with E-state index in [0.717, 1.165) is 17.0 Å². The van der Waals surface area contributed by atoms with Gasteiger partial charge in [0.2, 0.25) is 11.8 Å². The van der Waals surface area contributed by atoms with Gasteiger partial charge in [-0.05, 0) is 24.1 Å². The summed E-state index contributed by atoms with van der Waals surface area (Å²) in [5.41, 5.74) is 7.46. The van der Waals surface area contributed by atoms with Gasteiger partial charge in [-0.25, -0.2) is 4.98 Å². The number of rotatable bonds is 6. The first kappa shape index (κ1) is 18.2. The van der Waals surface area contributed by atoms with Crippen LogP contribution in [0.4, 0.5) is 5.13 Å². The first-order valence-electron chi connectivity index (χ1n) is 8.43. The van der Waals surface area contributed by atoms with Crippen molar-refractivity contribution in [2.24, 2.45) is 0 Å². The predicted octanol–water partition coefficient (Wildman–Crippen LogP) is 1.54. The van der Waals surface area contributed by atoms with Crippen molar-refractivity contribution in [1.29, 1.82) is 0 Å². The summed E-state index contributed by atoms with van der Waals surface area (Å²) >= 11 is 1.37. The normalized spacial score (nSPS) is 14.6. The molecule has 7 nitrogen and oxygen atoms in total. The number of nitrogen functional groups attached to an aromatic ring is 1. The molecule has 0 spiro atoms. The maximum absolute atomic E-state index is 12.4. The molecule has 1 aliphatic heterocycles. The van der Waals surface area contributed by atoms with Crippen molar-refractivity contribution in [3.05, 3.63) is 40.9 Å². The van der Waals surface area contributed by atoms with Gasteiger partial charge in [-0.1, -0.05) is 12.1 Å². The molecule has 0 radical (unpaired) electrons. The van der Waals surface area contributed by atoms with Crippen LogP contribution in [0.5, 0.6) is 5.75 Å². The molecule has 0 saturated carbocycles. The van der Waals surface area contributed by atoms with Crippen LogP contribution in [0, 0.1) is 0 Å². The number of amides is 2. The summed E-state index contributed by atoms with van der Waals surface area (Å²) in [6, 6.07) is 7.65. The summed E-state index contributed by atoms with van der Waals surface area (Å²) in [5, 5.41) is 2.37. The van der Waals surface area contributed by atoms with Crippen molar-refractivity contribution >= 4 is 28.3 Å². The second-order valence-electron chi connectivity index (χ2n) is 6.16. The Labute approximate surface area is 156 Å². The van der Waals surface area contributed by atoms with Gasteiger partial charge in [0.25, 0.3) is 0 Å². The number of hydrogen-bond donors (Lipinski definition) is 1. The molecule has 3 rings (SSSR count). The number of ether oxygens (including phenoxy) is 1. The first-order chi connectivity index (χ1) is 12.5. The zero-order chi connectivity index (χ0) is 18.5. The maximum Gasteiger partial charge on any atom is 0.242 e. The quantitative estimate of drug-likeness (QED) is 0.828. The Kier molecular flexibility index (Phi) is 5.72. The van der Waals surface area contributed by atoms with Crippen LogP contribution in [-0.2, 0) is 22.6 Å². The van der Waals surface area contributed by atoms with Crippen LogP contribution in [0.2, 0.25) is 0 Å². The van der Waals surface area contributed by atoms with Crippen molar-refractivity contribution in [3.8, 4) is 5.75 Å². The summed E-state index contributed by atoms with van der Waals surface area (Å²) in [5.74, 6) is 0.740. The molecule has 0 atom stereocenters. The number of aromatic nitrogens is 1. The highest BCUT2D eigenvalue weighted by atomic mass is 32.1. The third-order valence-corrected chi connectivity index (χ3v) is 5.09. The molecule has 1 aromatic heterocycles.